The van der Waals surface area contributed by atoms with E-state index in [1.807, 2.05) is 0 Å². The molecule has 246 valence electrons. The SMILES string of the molecule is CC1(C)c2ccccc2-c2ccc(N(c3ccc([Si](C)(C)C)cc3)c3ccc4c(c3)C3(c5ccccc5-c5ccccc53)c3ccccc3-4)cc21. The van der Waals surface area contributed by atoms with E-state index in [0.717, 1.165) is 0 Å². The Labute approximate surface area is 302 Å². The summed E-state index contributed by atoms with van der Waals surface area (Å²) >= 11 is 0. The smallest absolute Gasteiger partial charge is 0.0775 e. The number of benzene rings is 7. The molecule has 0 unspecified atom stereocenters. The Balaban J connectivity index is 1.23. The molecule has 3 aliphatic rings. The minimum Gasteiger partial charge on any atom is -0.310 e. The molecule has 0 saturated carbocycles. The van der Waals surface area contributed by atoms with E-state index in [0.29, 0.717) is 0 Å². The van der Waals surface area contributed by atoms with Gasteiger partial charge in [-0.3, -0.25) is 0 Å². The average Bonchev–Trinajstić information content (AvgIpc) is 3.70. The number of hydrogen-bond donors (Lipinski definition) is 0. The fourth-order valence-electron chi connectivity index (χ4n) is 9.61. The molecule has 1 nitrogen and oxygen atoms in total. The van der Waals surface area contributed by atoms with E-state index in [2.05, 4.69) is 196 Å². The maximum Gasteiger partial charge on any atom is 0.0775 e. The largest absolute Gasteiger partial charge is 0.310 e. The molecule has 0 fully saturated rings. The van der Waals surface area contributed by atoms with Gasteiger partial charge in [0.2, 0.25) is 0 Å². The Morgan fingerprint density at radius 2 is 0.745 bits per heavy atom. The predicted molar refractivity (Wildman–Crippen MR) is 218 cm³/mol. The molecule has 0 heterocycles. The zero-order valence-corrected chi connectivity index (χ0v) is 31.0. The second-order valence-corrected chi connectivity index (χ2v) is 21.2. The van der Waals surface area contributed by atoms with Gasteiger partial charge in [-0.2, -0.15) is 0 Å². The summed E-state index contributed by atoms with van der Waals surface area (Å²) in [6.07, 6.45) is 0. The minimum absolute atomic E-state index is 0.0871. The number of hydrogen-bond acceptors (Lipinski definition) is 1. The predicted octanol–water partition coefficient (Wildman–Crippen LogP) is 12.4. The summed E-state index contributed by atoms with van der Waals surface area (Å²) in [5.41, 5.74) is 19.3. The van der Waals surface area contributed by atoms with Gasteiger partial charge in [-0.15, -0.1) is 0 Å². The lowest BCUT2D eigenvalue weighted by Gasteiger charge is -2.32. The third-order valence-corrected chi connectivity index (χ3v) is 14.1. The summed E-state index contributed by atoms with van der Waals surface area (Å²) in [7, 11) is -1.48. The molecule has 0 amide bonds. The first-order valence-electron chi connectivity index (χ1n) is 18.3. The topological polar surface area (TPSA) is 3.24 Å². The van der Waals surface area contributed by atoms with Crippen molar-refractivity contribution in [1.29, 1.82) is 0 Å². The Morgan fingerprint density at radius 1 is 0.373 bits per heavy atom. The van der Waals surface area contributed by atoms with Crippen molar-refractivity contribution < 1.29 is 0 Å². The third-order valence-electron chi connectivity index (χ3n) is 12.1. The van der Waals surface area contributed by atoms with Crippen molar-refractivity contribution in [2.75, 3.05) is 4.90 Å². The molecule has 3 aliphatic carbocycles. The lowest BCUT2D eigenvalue weighted by molar-refractivity contribution is 0.660. The highest BCUT2D eigenvalue weighted by Gasteiger charge is 2.51. The third kappa shape index (κ3) is 4.08. The maximum absolute atomic E-state index is 2.51. The lowest BCUT2D eigenvalue weighted by atomic mass is 9.70. The van der Waals surface area contributed by atoms with Gasteiger partial charge in [0.1, 0.15) is 0 Å². The van der Waals surface area contributed by atoms with Crippen molar-refractivity contribution >= 4 is 30.3 Å². The summed E-state index contributed by atoms with van der Waals surface area (Å²) in [4.78, 5) is 2.50. The highest BCUT2D eigenvalue weighted by molar-refractivity contribution is 6.88. The van der Waals surface area contributed by atoms with Gasteiger partial charge in [-0.05, 0) is 103 Å². The summed E-state index contributed by atoms with van der Waals surface area (Å²) in [5, 5.41) is 1.47. The quantitative estimate of drug-likeness (QED) is 0.168. The molecule has 0 bridgehead atoms. The van der Waals surface area contributed by atoms with Crippen LogP contribution in [0.4, 0.5) is 17.1 Å². The van der Waals surface area contributed by atoms with Crippen LogP contribution in [0.25, 0.3) is 33.4 Å². The van der Waals surface area contributed by atoms with Gasteiger partial charge in [0.05, 0.1) is 13.5 Å². The van der Waals surface area contributed by atoms with Crippen LogP contribution < -0.4 is 10.1 Å². The number of fused-ring (bicyclic) bond motifs is 13. The van der Waals surface area contributed by atoms with Gasteiger partial charge in [-0.25, -0.2) is 0 Å². The van der Waals surface area contributed by atoms with E-state index >= 15 is 0 Å². The van der Waals surface area contributed by atoms with Crippen molar-refractivity contribution in [2.24, 2.45) is 0 Å². The maximum atomic E-state index is 2.51. The van der Waals surface area contributed by atoms with Crippen LogP contribution in [-0.4, -0.2) is 8.07 Å². The van der Waals surface area contributed by atoms with Crippen molar-refractivity contribution in [3.63, 3.8) is 0 Å². The van der Waals surface area contributed by atoms with Crippen LogP contribution in [-0.2, 0) is 10.8 Å². The van der Waals surface area contributed by atoms with Crippen LogP contribution >= 0.6 is 0 Å². The van der Waals surface area contributed by atoms with Gasteiger partial charge in [0.15, 0.2) is 0 Å². The molecule has 10 rings (SSSR count). The molecule has 0 aromatic heterocycles. The van der Waals surface area contributed by atoms with E-state index in [1.54, 1.807) is 0 Å². The summed E-state index contributed by atoms with van der Waals surface area (Å²) in [6.45, 7) is 12.0. The molecule has 0 radical (unpaired) electrons. The summed E-state index contributed by atoms with van der Waals surface area (Å²) in [5.74, 6) is 0. The standard InChI is InChI=1S/C49H41NSi/c1-48(2)42-18-10-6-14-36(42)40-28-24-33(30-46(40)48)50(32-22-26-35(27-23-32)51(3,4)5)34-25-29-41-39-17-9-13-21-45(39)49(47(41)31-34)43-19-11-7-15-37(43)38-16-8-12-20-44(38)49/h6-31H,1-5H3. The monoisotopic (exact) mass is 671 g/mol. The normalized spacial score (nSPS) is 15.1. The van der Waals surface area contributed by atoms with Crippen LogP contribution in [0.15, 0.2) is 158 Å². The Hall–Kier alpha value is -5.44. The Morgan fingerprint density at radius 3 is 1.24 bits per heavy atom. The van der Waals surface area contributed by atoms with Gasteiger partial charge >= 0.3 is 0 Å². The Bertz CT molecular complexity index is 2490. The second kappa shape index (κ2) is 10.5. The molecule has 0 N–H and O–H groups in total. The number of nitrogens with zero attached hydrogens (tertiary/aromatic N) is 1. The van der Waals surface area contributed by atoms with Crippen LogP contribution in [0.5, 0.6) is 0 Å². The van der Waals surface area contributed by atoms with Crippen molar-refractivity contribution in [3.8, 4) is 33.4 Å². The number of anilines is 3. The molecule has 2 heteroatoms. The molecule has 0 atom stereocenters. The highest BCUT2D eigenvalue weighted by Crippen LogP contribution is 2.63. The second-order valence-electron chi connectivity index (χ2n) is 16.1. The van der Waals surface area contributed by atoms with Crippen LogP contribution in [0.2, 0.25) is 19.6 Å². The summed E-state index contributed by atoms with van der Waals surface area (Å²) < 4.78 is 0. The molecule has 51 heavy (non-hydrogen) atoms. The minimum atomic E-state index is -1.48. The van der Waals surface area contributed by atoms with Gasteiger partial charge in [0, 0.05) is 22.5 Å². The summed E-state index contributed by atoms with van der Waals surface area (Å²) in [6, 6.07) is 60.0. The fourth-order valence-corrected chi connectivity index (χ4v) is 10.8. The molecule has 0 saturated heterocycles. The van der Waals surface area contributed by atoms with Gasteiger partial charge < -0.3 is 4.90 Å². The van der Waals surface area contributed by atoms with Crippen LogP contribution in [0.3, 0.4) is 0 Å². The van der Waals surface area contributed by atoms with E-state index in [9.17, 15) is 0 Å². The highest BCUT2D eigenvalue weighted by atomic mass is 28.3. The Kier molecular flexibility index (Phi) is 6.28. The molecule has 7 aromatic rings. The van der Waals surface area contributed by atoms with E-state index < -0.39 is 8.07 Å². The zero-order valence-electron chi connectivity index (χ0n) is 30.0. The van der Waals surface area contributed by atoms with Crippen molar-refractivity contribution in [1.82, 2.24) is 0 Å². The zero-order chi connectivity index (χ0) is 34.7. The van der Waals surface area contributed by atoms with Crippen molar-refractivity contribution in [3.05, 3.63) is 191 Å². The fraction of sp³-hybridized carbons (Fsp3) is 0.143. The van der Waals surface area contributed by atoms with E-state index in [4.69, 9.17) is 0 Å². The first-order chi connectivity index (χ1) is 24.7. The van der Waals surface area contributed by atoms with Crippen molar-refractivity contribution in [2.45, 2.75) is 44.3 Å². The molecular weight excluding hydrogens is 631 g/mol. The first kappa shape index (κ1) is 30.4. The van der Waals surface area contributed by atoms with E-state index in [1.165, 1.54) is 89.0 Å². The van der Waals surface area contributed by atoms with Gasteiger partial charge in [0.25, 0.3) is 0 Å². The lowest BCUT2D eigenvalue weighted by Crippen LogP contribution is -2.37. The first-order valence-corrected chi connectivity index (χ1v) is 21.8. The number of rotatable bonds is 4. The molecule has 1 spiro atoms. The van der Waals surface area contributed by atoms with Crippen LogP contribution in [0, 0.1) is 0 Å². The van der Waals surface area contributed by atoms with Crippen LogP contribution in [0.1, 0.15) is 47.2 Å². The molecule has 7 aromatic carbocycles. The van der Waals surface area contributed by atoms with Gasteiger partial charge in [-0.1, -0.05) is 160 Å². The molecule has 0 aliphatic heterocycles. The van der Waals surface area contributed by atoms with E-state index in [-0.39, 0.29) is 10.8 Å². The average molecular weight is 672 g/mol. The molecular formula is C49H41NSi.